The lowest BCUT2D eigenvalue weighted by molar-refractivity contribution is -0.127. The highest BCUT2D eigenvalue weighted by molar-refractivity contribution is 5.75. The molecule has 0 heterocycles. The van der Waals surface area contributed by atoms with Gasteiger partial charge >= 0.3 is 6.09 Å². The van der Waals surface area contributed by atoms with Crippen LogP contribution in [-0.2, 0) is 15.1 Å². The van der Waals surface area contributed by atoms with E-state index in [1.807, 2.05) is 6.07 Å². The summed E-state index contributed by atoms with van der Waals surface area (Å²) in [5.41, 5.74) is 10.8. The number of aldehydes is 1. The first-order chi connectivity index (χ1) is 10.1. The quantitative estimate of drug-likeness (QED) is 0.819. The van der Waals surface area contributed by atoms with Gasteiger partial charge in [-0.15, -0.1) is 0 Å². The Kier molecular flexibility index (Phi) is 4.35. The van der Waals surface area contributed by atoms with Gasteiger partial charge in [0.25, 0.3) is 0 Å². The van der Waals surface area contributed by atoms with Crippen molar-refractivity contribution >= 4 is 12.4 Å². The fraction of sp³-hybridized carbons (Fsp3) is 0.125. The Morgan fingerprint density at radius 2 is 1.57 bits per heavy atom. The van der Waals surface area contributed by atoms with Crippen molar-refractivity contribution in [3.05, 3.63) is 71.8 Å². The number of carbonyl (C=O) groups excluding carboxylic acids is 2. The zero-order chi connectivity index (χ0) is 15.3. The minimum absolute atomic E-state index is 0.468. The summed E-state index contributed by atoms with van der Waals surface area (Å²) in [6.07, 6.45) is -0.539. The van der Waals surface area contributed by atoms with Crippen molar-refractivity contribution in [3.63, 3.8) is 0 Å². The third-order valence-corrected chi connectivity index (χ3v) is 3.29. The van der Waals surface area contributed by atoms with Gasteiger partial charge in [-0.3, -0.25) is 4.79 Å². The highest BCUT2D eigenvalue weighted by Crippen LogP contribution is 2.35. The Morgan fingerprint density at radius 1 is 1.05 bits per heavy atom. The van der Waals surface area contributed by atoms with Crippen LogP contribution in [0.25, 0.3) is 0 Å². The number of ether oxygens (including phenoxy) is 1. The molecule has 0 spiro atoms. The molecule has 0 saturated carbocycles. The van der Waals surface area contributed by atoms with Crippen LogP contribution in [0.2, 0.25) is 0 Å². The maximum absolute atomic E-state index is 11.8. The zero-order valence-electron chi connectivity index (χ0n) is 11.3. The number of nitrogens with two attached hydrogens (primary N) is 2. The van der Waals surface area contributed by atoms with Gasteiger partial charge in [-0.05, 0) is 5.56 Å². The Bertz CT molecular complexity index is 616. The van der Waals surface area contributed by atoms with E-state index < -0.39 is 17.7 Å². The normalized spacial score (nSPS) is 14.7. The van der Waals surface area contributed by atoms with Gasteiger partial charge in [0.2, 0.25) is 5.60 Å². The molecule has 2 aromatic rings. The average Bonchev–Trinajstić information content (AvgIpc) is 2.53. The van der Waals surface area contributed by atoms with Crippen molar-refractivity contribution in [2.45, 2.75) is 11.6 Å². The minimum atomic E-state index is -1.66. The number of hydrogen-bond donors (Lipinski definition) is 2. The number of benzene rings is 2. The number of primary amides is 1. The van der Waals surface area contributed by atoms with Crippen LogP contribution in [0.1, 0.15) is 17.2 Å². The third kappa shape index (κ3) is 2.93. The molecule has 108 valence electrons. The number of rotatable bonds is 5. The molecule has 21 heavy (non-hydrogen) atoms. The predicted molar refractivity (Wildman–Crippen MR) is 78.2 cm³/mol. The second kappa shape index (κ2) is 6.19. The summed E-state index contributed by atoms with van der Waals surface area (Å²) in [4.78, 5) is 23.0. The molecule has 0 fully saturated rings. The molecule has 5 nitrogen and oxygen atoms in total. The SMILES string of the molecule is NC(=O)OC(C=O)(c1ccccc1)C(N)c1ccccc1. The van der Waals surface area contributed by atoms with Gasteiger partial charge < -0.3 is 16.2 Å². The van der Waals surface area contributed by atoms with Crippen LogP contribution in [0.3, 0.4) is 0 Å². The molecule has 2 unspecified atom stereocenters. The van der Waals surface area contributed by atoms with Crippen molar-refractivity contribution in [2.75, 3.05) is 0 Å². The van der Waals surface area contributed by atoms with Gasteiger partial charge in [-0.1, -0.05) is 60.7 Å². The van der Waals surface area contributed by atoms with E-state index in [0.29, 0.717) is 17.4 Å². The molecule has 2 atom stereocenters. The molecular weight excluding hydrogens is 268 g/mol. The summed E-state index contributed by atoms with van der Waals surface area (Å²) in [5.74, 6) is 0. The van der Waals surface area contributed by atoms with Gasteiger partial charge in [0.05, 0.1) is 6.04 Å². The molecular formula is C16H16N2O3. The Balaban J connectivity index is 2.55. The molecule has 0 bridgehead atoms. The van der Waals surface area contributed by atoms with Crippen LogP contribution in [0.5, 0.6) is 0 Å². The van der Waals surface area contributed by atoms with Crippen molar-refractivity contribution in [1.82, 2.24) is 0 Å². The van der Waals surface area contributed by atoms with Crippen molar-refractivity contribution in [3.8, 4) is 0 Å². The number of amides is 1. The summed E-state index contributed by atoms with van der Waals surface area (Å²) >= 11 is 0. The Morgan fingerprint density at radius 3 is 2.05 bits per heavy atom. The maximum atomic E-state index is 11.8. The second-order valence-electron chi connectivity index (χ2n) is 4.59. The third-order valence-electron chi connectivity index (χ3n) is 3.29. The first-order valence-corrected chi connectivity index (χ1v) is 6.41. The van der Waals surface area contributed by atoms with Crippen LogP contribution in [0.4, 0.5) is 4.79 Å². The molecule has 0 aliphatic rings. The monoisotopic (exact) mass is 284 g/mol. The van der Waals surface area contributed by atoms with Crippen LogP contribution >= 0.6 is 0 Å². The maximum Gasteiger partial charge on any atom is 0.405 e. The number of hydrogen-bond acceptors (Lipinski definition) is 4. The van der Waals surface area contributed by atoms with E-state index in [2.05, 4.69) is 0 Å². The number of carbonyl (C=O) groups is 2. The topological polar surface area (TPSA) is 95.4 Å². The van der Waals surface area contributed by atoms with E-state index >= 15 is 0 Å². The molecule has 0 aliphatic carbocycles. The summed E-state index contributed by atoms with van der Waals surface area (Å²) in [5, 5.41) is 0. The fourth-order valence-electron chi connectivity index (χ4n) is 2.24. The van der Waals surface area contributed by atoms with E-state index in [1.165, 1.54) is 0 Å². The van der Waals surface area contributed by atoms with Gasteiger partial charge in [0.15, 0.2) is 6.29 Å². The molecule has 5 heteroatoms. The first kappa shape index (κ1) is 14.7. The second-order valence-corrected chi connectivity index (χ2v) is 4.59. The molecule has 1 amide bonds. The molecule has 2 rings (SSSR count). The van der Waals surface area contributed by atoms with Crippen LogP contribution in [-0.4, -0.2) is 12.4 Å². The van der Waals surface area contributed by atoms with Crippen LogP contribution < -0.4 is 11.5 Å². The lowest BCUT2D eigenvalue weighted by atomic mass is 9.84. The fourth-order valence-corrected chi connectivity index (χ4v) is 2.24. The minimum Gasteiger partial charge on any atom is -0.428 e. The smallest absolute Gasteiger partial charge is 0.405 e. The molecule has 2 aromatic carbocycles. The Hall–Kier alpha value is -2.66. The summed E-state index contributed by atoms with van der Waals surface area (Å²) in [6, 6.07) is 16.7. The van der Waals surface area contributed by atoms with Gasteiger partial charge in [-0.25, -0.2) is 4.79 Å². The predicted octanol–water partition coefficient (Wildman–Crippen LogP) is 1.88. The molecule has 0 aliphatic heterocycles. The molecule has 0 aromatic heterocycles. The zero-order valence-corrected chi connectivity index (χ0v) is 11.3. The van der Waals surface area contributed by atoms with Crippen molar-refractivity contribution in [2.24, 2.45) is 11.5 Å². The highest BCUT2D eigenvalue weighted by atomic mass is 16.6. The van der Waals surface area contributed by atoms with Crippen LogP contribution in [0.15, 0.2) is 60.7 Å². The molecule has 0 radical (unpaired) electrons. The summed E-state index contributed by atoms with van der Waals surface area (Å²) in [7, 11) is 0. The van der Waals surface area contributed by atoms with Crippen molar-refractivity contribution in [1.29, 1.82) is 0 Å². The lowest BCUT2D eigenvalue weighted by Crippen LogP contribution is -2.45. The van der Waals surface area contributed by atoms with E-state index in [-0.39, 0.29) is 0 Å². The van der Waals surface area contributed by atoms with Gasteiger partial charge in [0, 0.05) is 5.56 Å². The van der Waals surface area contributed by atoms with Crippen molar-refractivity contribution < 1.29 is 14.3 Å². The standard InChI is InChI=1S/C16H16N2O3/c17-14(12-7-3-1-4-8-12)16(11-19,21-15(18)20)13-9-5-2-6-10-13/h1-11,14H,17H2,(H2,18,20). The van der Waals surface area contributed by atoms with Gasteiger partial charge in [-0.2, -0.15) is 0 Å². The van der Waals surface area contributed by atoms with E-state index in [4.69, 9.17) is 16.2 Å². The van der Waals surface area contributed by atoms with E-state index in [1.54, 1.807) is 54.6 Å². The summed E-state index contributed by atoms with van der Waals surface area (Å²) in [6.45, 7) is 0. The largest absolute Gasteiger partial charge is 0.428 e. The summed E-state index contributed by atoms with van der Waals surface area (Å²) < 4.78 is 5.14. The molecule has 0 saturated heterocycles. The average molecular weight is 284 g/mol. The van der Waals surface area contributed by atoms with Crippen LogP contribution in [0, 0.1) is 0 Å². The van der Waals surface area contributed by atoms with E-state index in [0.717, 1.165) is 0 Å². The lowest BCUT2D eigenvalue weighted by Gasteiger charge is -2.33. The Labute approximate surface area is 122 Å². The highest BCUT2D eigenvalue weighted by Gasteiger charge is 2.43. The van der Waals surface area contributed by atoms with Gasteiger partial charge in [0.1, 0.15) is 0 Å². The first-order valence-electron chi connectivity index (χ1n) is 6.41. The molecule has 4 N–H and O–H groups in total. The van der Waals surface area contributed by atoms with E-state index in [9.17, 15) is 9.59 Å².